The Labute approximate surface area is 160 Å². The van der Waals surface area contributed by atoms with Crippen molar-refractivity contribution in [2.24, 2.45) is 11.8 Å². The third-order valence-corrected chi connectivity index (χ3v) is 6.11. The number of hydrogen-bond donors (Lipinski definition) is 1. The molecule has 3 aliphatic rings. The number of anilines is 1. The van der Waals surface area contributed by atoms with E-state index in [1.54, 1.807) is 13.3 Å². The Bertz CT molecular complexity index is 693. The summed E-state index contributed by atoms with van der Waals surface area (Å²) in [6, 6.07) is 4.18. The molecule has 146 valence electrons. The molecule has 0 spiro atoms. The highest BCUT2D eigenvalue weighted by atomic mass is 16.5. The molecule has 2 amide bonds. The zero-order chi connectivity index (χ0) is 18.8. The number of piperidine rings is 3. The van der Waals surface area contributed by atoms with E-state index in [1.165, 1.54) is 6.42 Å². The van der Waals surface area contributed by atoms with Crippen molar-refractivity contribution in [1.82, 2.24) is 15.2 Å². The molecule has 4 heterocycles. The van der Waals surface area contributed by atoms with Gasteiger partial charge in [-0.15, -0.1) is 0 Å². The van der Waals surface area contributed by atoms with Gasteiger partial charge in [-0.1, -0.05) is 0 Å². The predicted molar refractivity (Wildman–Crippen MR) is 102 cm³/mol. The normalized spacial score (nSPS) is 27.3. The molecule has 0 aromatic carbocycles. The van der Waals surface area contributed by atoms with Crippen LogP contribution < -0.4 is 10.2 Å². The topological polar surface area (TPSA) is 74.8 Å². The van der Waals surface area contributed by atoms with Crippen LogP contribution in [0.4, 0.5) is 5.82 Å². The molecule has 2 bridgehead atoms. The minimum atomic E-state index is -0.127. The fraction of sp³-hybridized carbons (Fsp3) is 0.650. The molecule has 1 N–H and O–H groups in total. The SMILES string of the molecule is COCCNC(=O)c1ccc(N2CC3CC(C2)[C@H]2CCCC(=O)N2C3)nc1. The third kappa shape index (κ3) is 3.78. The summed E-state index contributed by atoms with van der Waals surface area (Å²) in [4.78, 5) is 33.4. The molecule has 7 heteroatoms. The van der Waals surface area contributed by atoms with Gasteiger partial charge in [-0.05, 0) is 43.2 Å². The number of methoxy groups -OCH3 is 1. The van der Waals surface area contributed by atoms with E-state index in [0.717, 1.165) is 44.7 Å². The van der Waals surface area contributed by atoms with Gasteiger partial charge in [0, 0.05) is 51.9 Å². The summed E-state index contributed by atoms with van der Waals surface area (Å²) in [6.45, 7) is 3.74. The quantitative estimate of drug-likeness (QED) is 0.789. The van der Waals surface area contributed by atoms with Crippen LogP contribution in [-0.2, 0) is 9.53 Å². The van der Waals surface area contributed by atoms with Gasteiger partial charge in [0.1, 0.15) is 5.82 Å². The van der Waals surface area contributed by atoms with Crippen LogP contribution in [0.1, 0.15) is 36.0 Å². The van der Waals surface area contributed by atoms with Gasteiger partial charge in [-0.2, -0.15) is 0 Å². The first-order valence-electron chi connectivity index (χ1n) is 9.93. The standard InChI is InChI=1S/C20H28N4O3/c1-27-8-7-21-20(26)15-5-6-18(22-10-15)23-11-14-9-16(13-23)17-3-2-4-19(25)24(17)12-14/h5-6,10,14,16-17H,2-4,7-9,11-13H2,1H3,(H,21,26)/t14?,16?,17-/m1/s1. The van der Waals surface area contributed by atoms with Gasteiger partial charge in [-0.25, -0.2) is 4.98 Å². The number of pyridine rings is 1. The van der Waals surface area contributed by atoms with E-state index < -0.39 is 0 Å². The van der Waals surface area contributed by atoms with Crippen LogP contribution in [0.3, 0.4) is 0 Å². The van der Waals surface area contributed by atoms with Crippen molar-refractivity contribution in [3.05, 3.63) is 23.9 Å². The number of amides is 2. The van der Waals surface area contributed by atoms with E-state index in [0.29, 0.717) is 42.5 Å². The highest BCUT2D eigenvalue weighted by molar-refractivity contribution is 5.94. The van der Waals surface area contributed by atoms with Crippen molar-refractivity contribution in [3.8, 4) is 0 Å². The number of nitrogens with zero attached hydrogens (tertiary/aromatic N) is 3. The van der Waals surface area contributed by atoms with Crippen LogP contribution in [0.15, 0.2) is 18.3 Å². The number of ether oxygens (including phenoxy) is 1. The number of nitrogens with one attached hydrogen (secondary N) is 1. The van der Waals surface area contributed by atoms with E-state index in [9.17, 15) is 9.59 Å². The summed E-state index contributed by atoms with van der Waals surface area (Å²) in [5.74, 6) is 2.18. The monoisotopic (exact) mass is 372 g/mol. The minimum absolute atomic E-state index is 0.127. The summed E-state index contributed by atoms with van der Waals surface area (Å²) in [6.07, 6.45) is 5.73. The Morgan fingerprint density at radius 3 is 3.00 bits per heavy atom. The number of hydrogen-bond acceptors (Lipinski definition) is 5. The molecule has 3 fully saturated rings. The number of carbonyl (C=O) groups is 2. The average molecular weight is 372 g/mol. The minimum Gasteiger partial charge on any atom is -0.383 e. The highest BCUT2D eigenvalue weighted by Gasteiger charge is 2.44. The summed E-state index contributed by atoms with van der Waals surface area (Å²) in [5.41, 5.74) is 0.566. The lowest BCUT2D eigenvalue weighted by Gasteiger charge is -2.52. The molecule has 1 aromatic rings. The smallest absolute Gasteiger partial charge is 0.252 e. The second-order valence-electron chi connectivity index (χ2n) is 7.93. The van der Waals surface area contributed by atoms with Crippen LogP contribution in [0, 0.1) is 11.8 Å². The number of aromatic nitrogens is 1. The lowest BCUT2D eigenvalue weighted by molar-refractivity contribution is -0.142. The fourth-order valence-electron chi connectivity index (χ4n) is 4.87. The molecule has 2 unspecified atom stereocenters. The van der Waals surface area contributed by atoms with Crippen molar-refractivity contribution in [2.75, 3.05) is 44.8 Å². The van der Waals surface area contributed by atoms with Crippen molar-refractivity contribution >= 4 is 17.6 Å². The molecule has 4 rings (SSSR count). The van der Waals surface area contributed by atoms with E-state index in [-0.39, 0.29) is 5.91 Å². The van der Waals surface area contributed by atoms with Crippen LogP contribution >= 0.6 is 0 Å². The third-order valence-electron chi connectivity index (χ3n) is 6.11. The maximum atomic E-state index is 12.3. The van der Waals surface area contributed by atoms with Gasteiger partial charge in [0.25, 0.3) is 5.91 Å². The van der Waals surface area contributed by atoms with E-state index >= 15 is 0 Å². The number of rotatable bonds is 5. The van der Waals surface area contributed by atoms with Gasteiger partial charge in [0.2, 0.25) is 5.91 Å². The summed E-state index contributed by atoms with van der Waals surface area (Å²) in [7, 11) is 1.61. The highest BCUT2D eigenvalue weighted by Crippen LogP contribution is 2.38. The van der Waals surface area contributed by atoms with Gasteiger partial charge in [0.15, 0.2) is 0 Å². The first-order valence-corrected chi connectivity index (χ1v) is 9.93. The molecule has 1 aromatic heterocycles. The molecule has 7 nitrogen and oxygen atoms in total. The molecule has 3 atom stereocenters. The first kappa shape index (κ1) is 18.2. The Kier molecular flexibility index (Phi) is 5.29. The Morgan fingerprint density at radius 1 is 1.33 bits per heavy atom. The molecule has 0 aliphatic carbocycles. The van der Waals surface area contributed by atoms with Gasteiger partial charge >= 0.3 is 0 Å². The average Bonchev–Trinajstić information content (AvgIpc) is 2.69. The molecular formula is C20H28N4O3. The van der Waals surface area contributed by atoms with Crippen molar-refractivity contribution in [1.29, 1.82) is 0 Å². The lowest BCUT2D eigenvalue weighted by atomic mass is 9.76. The Morgan fingerprint density at radius 2 is 2.22 bits per heavy atom. The maximum Gasteiger partial charge on any atom is 0.252 e. The molecule has 27 heavy (non-hydrogen) atoms. The molecule has 3 aliphatic heterocycles. The molecular weight excluding hydrogens is 344 g/mol. The van der Waals surface area contributed by atoms with Gasteiger partial charge < -0.3 is 19.9 Å². The number of carbonyl (C=O) groups excluding carboxylic acids is 2. The van der Waals surface area contributed by atoms with Gasteiger partial charge in [0.05, 0.1) is 12.2 Å². The van der Waals surface area contributed by atoms with Crippen molar-refractivity contribution < 1.29 is 14.3 Å². The van der Waals surface area contributed by atoms with Crippen LogP contribution in [0.2, 0.25) is 0 Å². The van der Waals surface area contributed by atoms with E-state index in [2.05, 4.69) is 20.1 Å². The summed E-state index contributed by atoms with van der Waals surface area (Å²) in [5, 5.41) is 2.81. The maximum absolute atomic E-state index is 12.3. The zero-order valence-electron chi connectivity index (χ0n) is 15.9. The molecule has 0 radical (unpaired) electrons. The van der Waals surface area contributed by atoms with Crippen LogP contribution in [0.5, 0.6) is 0 Å². The Balaban J connectivity index is 1.41. The molecule has 3 saturated heterocycles. The Hall–Kier alpha value is -2.15. The van der Waals surface area contributed by atoms with Crippen molar-refractivity contribution in [3.63, 3.8) is 0 Å². The second-order valence-corrected chi connectivity index (χ2v) is 7.93. The summed E-state index contributed by atoms with van der Waals surface area (Å²) >= 11 is 0. The first-order chi connectivity index (χ1) is 13.2. The number of fused-ring (bicyclic) bond motifs is 4. The zero-order valence-corrected chi connectivity index (χ0v) is 15.9. The largest absolute Gasteiger partial charge is 0.383 e. The fourth-order valence-corrected chi connectivity index (χ4v) is 4.87. The van der Waals surface area contributed by atoms with Gasteiger partial charge in [-0.3, -0.25) is 9.59 Å². The van der Waals surface area contributed by atoms with Crippen LogP contribution in [-0.4, -0.2) is 67.6 Å². The van der Waals surface area contributed by atoms with E-state index in [4.69, 9.17) is 4.74 Å². The van der Waals surface area contributed by atoms with Crippen LogP contribution in [0.25, 0.3) is 0 Å². The molecule has 0 saturated carbocycles. The predicted octanol–water partition coefficient (Wildman–Crippen LogP) is 1.29. The van der Waals surface area contributed by atoms with E-state index in [1.807, 2.05) is 12.1 Å². The second kappa shape index (κ2) is 7.84. The lowest BCUT2D eigenvalue weighted by Crippen LogP contribution is -2.60. The van der Waals surface area contributed by atoms with Crippen molar-refractivity contribution in [2.45, 2.75) is 31.7 Å². The summed E-state index contributed by atoms with van der Waals surface area (Å²) < 4.78 is 4.95.